The number of hydrogen-bond donors (Lipinski definition) is 0. The van der Waals surface area contributed by atoms with Crippen molar-refractivity contribution in [2.24, 2.45) is 0 Å². The van der Waals surface area contributed by atoms with Gasteiger partial charge in [-0.15, -0.1) is 0 Å². The van der Waals surface area contributed by atoms with Crippen molar-refractivity contribution in [2.75, 3.05) is 0 Å². The Hall–Kier alpha value is -2.62. The lowest BCUT2D eigenvalue weighted by molar-refractivity contribution is -0.178. The fraction of sp³-hybridized carbons (Fsp3) is 0.176. The molecule has 0 bridgehead atoms. The van der Waals surface area contributed by atoms with E-state index < -0.39 is 12.3 Å². The summed E-state index contributed by atoms with van der Waals surface area (Å²) in [5, 5.41) is 0. The number of rotatable bonds is 7. The maximum absolute atomic E-state index is 11.9. The molecule has 1 unspecified atom stereocenters. The number of hydrogen-bond acceptors (Lipinski definition) is 4. The van der Waals surface area contributed by atoms with E-state index in [0.717, 1.165) is 11.1 Å². The number of esters is 1. The molecule has 0 saturated heterocycles. The van der Waals surface area contributed by atoms with Crippen LogP contribution in [0.1, 0.15) is 11.1 Å². The van der Waals surface area contributed by atoms with Crippen molar-refractivity contribution >= 4 is 12.4 Å². The highest BCUT2D eigenvalue weighted by molar-refractivity contribution is 5.72. The van der Waals surface area contributed by atoms with Crippen molar-refractivity contribution in [3.63, 3.8) is 0 Å². The van der Waals surface area contributed by atoms with Gasteiger partial charge in [-0.1, -0.05) is 60.7 Å². The molecule has 0 aliphatic heterocycles. The standard InChI is InChI=1S/C17H16O4/c18-13-20-17(12-15-9-5-2-6-10-15)21-16(19)11-14-7-3-1-4-8-14/h1-10,13,17H,11-12H2. The van der Waals surface area contributed by atoms with Crippen LogP contribution in [0, 0.1) is 0 Å². The molecule has 1 atom stereocenters. The van der Waals surface area contributed by atoms with Crippen LogP contribution in [-0.2, 0) is 31.9 Å². The Morgan fingerprint density at radius 3 is 2.10 bits per heavy atom. The lowest BCUT2D eigenvalue weighted by Gasteiger charge is -2.16. The highest BCUT2D eigenvalue weighted by Crippen LogP contribution is 2.09. The van der Waals surface area contributed by atoms with E-state index in [2.05, 4.69) is 0 Å². The zero-order chi connectivity index (χ0) is 14.9. The van der Waals surface area contributed by atoms with Crippen LogP contribution in [0.4, 0.5) is 0 Å². The Bertz CT molecular complexity index is 566. The summed E-state index contributed by atoms with van der Waals surface area (Å²) in [4.78, 5) is 22.4. The molecule has 2 aromatic carbocycles. The molecule has 0 saturated carbocycles. The van der Waals surface area contributed by atoms with E-state index in [-0.39, 0.29) is 6.42 Å². The fourth-order valence-corrected chi connectivity index (χ4v) is 1.94. The molecule has 0 aliphatic carbocycles. The number of carbonyl (C=O) groups excluding carboxylic acids is 2. The van der Waals surface area contributed by atoms with Crippen LogP contribution >= 0.6 is 0 Å². The Balaban J connectivity index is 1.93. The lowest BCUT2D eigenvalue weighted by Crippen LogP contribution is -2.24. The number of carbonyl (C=O) groups is 2. The molecule has 2 aromatic rings. The second-order valence-corrected chi connectivity index (χ2v) is 4.50. The van der Waals surface area contributed by atoms with Gasteiger partial charge in [0.1, 0.15) is 0 Å². The Morgan fingerprint density at radius 2 is 1.52 bits per heavy atom. The third-order valence-electron chi connectivity index (χ3n) is 2.91. The molecule has 108 valence electrons. The Kier molecular flexibility index (Phi) is 5.52. The summed E-state index contributed by atoms with van der Waals surface area (Å²) in [5.41, 5.74) is 1.78. The summed E-state index contributed by atoms with van der Waals surface area (Å²) < 4.78 is 10.0. The summed E-state index contributed by atoms with van der Waals surface area (Å²) in [5.74, 6) is -0.427. The van der Waals surface area contributed by atoms with Crippen LogP contribution in [0.15, 0.2) is 60.7 Å². The van der Waals surface area contributed by atoms with Crippen LogP contribution in [0.2, 0.25) is 0 Å². The van der Waals surface area contributed by atoms with Crippen LogP contribution in [-0.4, -0.2) is 18.7 Å². The van der Waals surface area contributed by atoms with Gasteiger partial charge in [0.25, 0.3) is 12.8 Å². The van der Waals surface area contributed by atoms with E-state index in [9.17, 15) is 9.59 Å². The van der Waals surface area contributed by atoms with E-state index in [4.69, 9.17) is 9.47 Å². The number of benzene rings is 2. The van der Waals surface area contributed by atoms with Gasteiger partial charge in [-0.25, -0.2) is 0 Å². The summed E-state index contributed by atoms with van der Waals surface area (Å²) in [6, 6.07) is 18.7. The molecular formula is C17H16O4. The molecule has 21 heavy (non-hydrogen) atoms. The first-order valence-corrected chi connectivity index (χ1v) is 6.64. The van der Waals surface area contributed by atoms with Gasteiger partial charge < -0.3 is 9.47 Å². The van der Waals surface area contributed by atoms with Gasteiger partial charge >= 0.3 is 5.97 Å². The molecule has 0 amide bonds. The Labute approximate surface area is 123 Å². The predicted molar refractivity (Wildman–Crippen MR) is 77.3 cm³/mol. The zero-order valence-corrected chi connectivity index (χ0v) is 11.5. The van der Waals surface area contributed by atoms with Gasteiger partial charge in [-0.3, -0.25) is 9.59 Å². The van der Waals surface area contributed by atoms with E-state index >= 15 is 0 Å². The van der Waals surface area contributed by atoms with Crippen molar-refractivity contribution in [3.8, 4) is 0 Å². The minimum atomic E-state index is -0.902. The molecule has 0 radical (unpaired) electrons. The topological polar surface area (TPSA) is 52.6 Å². The van der Waals surface area contributed by atoms with Crippen LogP contribution in [0.25, 0.3) is 0 Å². The smallest absolute Gasteiger partial charge is 0.313 e. The molecule has 4 nitrogen and oxygen atoms in total. The third kappa shape index (κ3) is 5.10. The number of ether oxygens (including phenoxy) is 2. The van der Waals surface area contributed by atoms with Gasteiger partial charge in [0, 0.05) is 6.42 Å². The average Bonchev–Trinajstić information content (AvgIpc) is 2.49. The molecule has 0 aromatic heterocycles. The second kappa shape index (κ2) is 7.85. The second-order valence-electron chi connectivity index (χ2n) is 4.50. The molecule has 4 heteroatoms. The van der Waals surface area contributed by atoms with E-state index in [1.807, 2.05) is 60.7 Å². The van der Waals surface area contributed by atoms with Gasteiger partial charge in [0.2, 0.25) is 0 Å². The Morgan fingerprint density at radius 1 is 0.952 bits per heavy atom. The minimum Gasteiger partial charge on any atom is -0.427 e. The van der Waals surface area contributed by atoms with E-state index in [0.29, 0.717) is 12.9 Å². The molecule has 0 heterocycles. The summed E-state index contributed by atoms with van der Waals surface area (Å²) in [6.07, 6.45) is -0.421. The van der Waals surface area contributed by atoms with Crippen molar-refractivity contribution in [1.82, 2.24) is 0 Å². The van der Waals surface area contributed by atoms with Gasteiger partial charge in [-0.2, -0.15) is 0 Å². The molecule has 0 N–H and O–H groups in total. The fourth-order valence-electron chi connectivity index (χ4n) is 1.94. The minimum absolute atomic E-state index is 0.147. The van der Waals surface area contributed by atoms with Crippen molar-refractivity contribution in [1.29, 1.82) is 0 Å². The van der Waals surface area contributed by atoms with Crippen LogP contribution in [0.3, 0.4) is 0 Å². The van der Waals surface area contributed by atoms with E-state index in [1.54, 1.807) is 0 Å². The highest BCUT2D eigenvalue weighted by atomic mass is 16.7. The van der Waals surface area contributed by atoms with Gasteiger partial charge in [0.15, 0.2) is 0 Å². The van der Waals surface area contributed by atoms with Crippen molar-refractivity contribution < 1.29 is 19.1 Å². The largest absolute Gasteiger partial charge is 0.427 e. The van der Waals surface area contributed by atoms with Gasteiger partial charge in [0.05, 0.1) is 6.42 Å². The lowest BCUT2D eigenvalue weighted by atomic mass is 10.1. The van der Waals surface area contributed by atoms with E-state index in [1.165, 1.54) is 0 Å². The SMILES string of the molecule is O=COC(Cc1ccccc1)OC(=O)Cc1ccccc1. The molecule has 0 fully saturated rings. The van der Waals surface area contributed by atoms with Crippen molar-refractivity contribution in [2.45, 2.75) is 19.1 Å². The first kappa shape index (κ1) is 14.8. The third-order valence-corrected chi connectivity index (χ3v) is 2.91. The van der Waals surface area contributed by atoms with Gasteiger partial charge in [-0.05, 0) is 11.1 Å². The maximum atomic E-state index is 11.9. The average molecular weight is 284 g/mol. The first-order valence-electron chi connectivity index (χ1n) is 6.64. The van der Waals surface area contributed by atoms with Crippen LogP contribution in [0.5, 0.6) is 0 Å². The monoisotopic (exact) mass is 284 g/mol. The quantitative estimate of drug-likeness (QED) is 0.445. The highest BCUT2D eigenvalue weighted by Gasteiger charge is 2.16. The molecular weight excluding hydrogens is 268 g/mol. The van der Waals surface area contributed by atoms with Crippen LogP contribution < -0.4 is 0 Å². The molecule has 0 spiro atoms. The summed E-state index contributed by atoms with van der Waals surface area (Å²) in [6.45, 7) is 0.295. The predicted octanol–water partition coefficient (Wildman–Crippen LogP) is 2.51. The zero-order valence-electron chi connectivity index (χ0n) is 11.5. The first-order chi connectivity index (χ1) is 10.3. The summed E-state index contributed by atoms with van der Waals surface area (Å²) in [7, 11) is 0. The normalized spacial score (nSPS) is 11.4. The molecule has 2 rings (SSSR count). The molecule has 0 aliphatic rings. The summed E-state index contributed by atoms with van der Waals surface area (Å²) >= 11 is 0. The van der Waals surface area contributed by atoms with Crippen molar-refractivity contribution in [3.05, 3.63) is 71.8 Å². The maximum Gasteiger partial charge on any atom is 0.313 e.